The first-order valence-electron chi connectivity index (χ1n) is 8.99. The highest BCUT2D eigenvalue weighted by molar-refractivity contribution is 6.31. The molecule has 6 nitrogen and oxygen atoms in total. The number of anilines is 1. The SMILES string of the molecule is COc1cn(-c2cccc(C(F)(F)F)c2)nc1C(=O)Nc1cc(Cl)ccc1OCC(F)(F)F. The van der Waals surface area contributed by atoms with Gasteiger partial charge in [0.05, 0.1) is 30.2 Å². The Morgan fingerprint density at radius 2 is 1.82 bits per heavy atom. The van der Waals surface area contributed by atoms with Gasteiger partial charge >= 0.3 is 12.4 Å². The summed E-state index contributed by atoms with van der Waals surface area (Å²) in [6.45, 7) is -1.61. The maximum absolute atomic E-state index is 13.0. The molecule has 0 radical (unpaired) electrons. The molecule has 3 aromatic rings. The lowest BCUT2D eigenvalue weighted by Crippen LogP contribution is -2.20. The molecule has 0 fully saturated rings. The molecule has 0 unspecified atom stereocenters. The Kier molecular flexibility index (Phi) is 6.77. The molecule has 2 aromatic carbocycles. The minimum atomic E-state index is -4.62. The summed E-state index contributed by atoms with van der Waals surface area (Å²) in [5.74, 6) is -1.32. The van der Waals surface area contributed by atoms with Crippen LogP contribution in [0.1, 0.15) is 16.1 Å². The van der Waals surface area contributed by atoms with Crippen molar-refractivity contribution in [3.8, 4) is 17.2 Å². The van der Waals surface area contributed by atoms with Gasteiger partial charge in [0.25, 0.3) is 5.91 Å². The third kappa shape index (κ3) is 6.09. The van der Waals surface area contributed by atoms with Crippen molar-refractivity contribution in [2.75, 3.05) is 19.0 Å². The number of ether oxygens (including phenoxy) is 2. The normalized spacial score (nSPS) is 11.9. The predicted molar refractivity (Wildman–Crippen MR) is 106 cm³/mol. The standard InChI is InChI=1S/C20H14ClF6N3O3/c1-32-16-9-30(13-4-2-3-11(7-13)20(25,26)27)29-17(16)18(31)28-14-8-12(21)5-6-15(14)33-10-19(22,23)24/h2-9H,10H2,1H3,(H,28,31). The van der Waals surface area contributed by atoms with Gasteiger partial charge in [-0.2, -0.15) is 31.4 Å². The van der Waals surface area contributed by atoms with Crippen molar-refractivity contribution in [2.24, 2.45) is 0 Å². The first-order chi connectivity index (χ1) is 15.4. The van der Waals surface area contributed by atoms with E-state index in [9.17, 15) is 31.1 Å². The Hall–Kier alpha value is -3.41. The van der Waals surface area contributed by atoms with Crippen LogP contribution in [0, 0.1) is 0 Å². The average Bonchev–Trinajstić information content (AvgIpc) is 3.17. The predicted octanol–water partition coefficient (Wildman–Crippen LogP) is 5.75. The van der Waals surface area contributed by atoms with Crippen LogP contribution in [-0.4, -0.2) is 35.6 Å². The van der Waals surface area contributed by atoms with Gasteiger partial charge in [-0.15, -0.1) is 0 Å². The van der Waals surface area contributed by atoms with Gasteiger partial charge in [-0.25, -0.2) is 4.68 Å². The molecule has 0 bridgehead atoms. The minimum absolute atomic E-state index is 0.000805. The molecule has 1 amide bonds. The fourth-order valence-corrected chi connectivity index (χ4v) is 2.86. The number of rotatable bonds is 6. The zero-order valence-electron chi connectivity index (χ0n) is 16.6. The maximum Gasteiger partial charge on any atom is 0.422 e. The summed E-state index contributed by atoms with van der Waals surface area (Å²) >= 11 is 5.87. The van der Waals surface area contributed by atoms with Crippen molar-refractivity contribution in [1.29, 1.82) is 0 Å². The number of nitrogens with zero attached hydrogens (tertiary/aromatic N) is 2. The summed E-state index contributed by atoms with van der Waals surface area (Å²) in [4.78, 5) is 12.8. The van der Waals surface area contributed by atoms with Crippen LogP contribution in [0.4, 0.5) is 32.0 Å². The van der Waals surface area contributed by atoms with Crippen LogP contribution >= 0.6 is 11.6 Å². The number of nitrogens with one attached hydrogen (secondary N) is 1. The van der Waals surface area contributed by atoms with Crippen LogP contribution in [0.25, 0.3) is 5.69 Å². The molecule has 0 aliphatic carbocycles. The maximum atomic E-state index is 13.0. The highest BCUT2D eigenvalue weighted by Crippen LogP contribution is 2.32. The van der Waals surface area contributed by atoms with Crippen molar-refractivity contribution in [3.05, 3.63) is 64.9 Å². The number of amides is 1. The number of hydrogen-bond donors (Lipinski definition) is 1. The summed E-state index contributed by atoms with van der Waals surface area (Å²) < 4.78 is 87.3. The van der Waals surface area contributed by atoms with E-state index in [0.717, 1.165) is 22.9 Å². The van der Waals surface area contributed by atoms with Crippen molar-refractivity contribution in [1.82, 2.24) is 9.78 Å². The Morgan fingerprint density at radius 3 is 2.45 bits per heavy atom. The molecule has 0 atom stereocenters. The molecule has 176 valence electrons. The minimum Gasteiger partial charge on any atom is -0.493 e. The zero-order chi connectivity index (χ0) is 24.4. The summed E-state index contributed by atoms with van der Waals surface area (Å²) in [6.07, 6.45) is -8.02. The fourth-order valence-electron chi connectivity index (χ4n) is 2.69. The van der Waals surface area contributed by atoms with Crippen LogP contribution < -0.4 is 14.8 Å². The van der Waals surface area contributed by atoms with Crippen LogP contribution in [0.2, 0.25) is 5.02 Å². The Morgan fingerprint density at radius 1 is 1.09 bits per heavy atom. The molecule has 3 rings (SSSR count). The Labute approximate surface area is 187 Å². The molecule has 0 saturated carbocycles. The Balaban J connectivity index is 1.90. The highest BCUT2D eigenvalue weighted by Gasteiger charge is 2.31. The summed E-state index contributed by atoms with van der Waals surface area (Å²) in [5.41, 5.74) is -1.44. The molecule has 1 aromatic heterocycles. The number of methoxy groups -OCH3 is 1. The monoisotopic (exact) mass is 493 g/mol. The van der Waals surface area contributed by atoms with E-state index in [4.69, 9.17) is 21.1 Å². The van der Waals surface area contributed by atoms with Crippen molar-refractivity contribution >= 4 is 23.2 Å². The van der Waals surface area contributed by atoms with Crippen LogP contribution in [-0.2, 0) is 6.18 Å². The van der Waals surface area contributed by atoms with Gasteiger partial charge in [-0.1, -0.05) is 17.7 Å². The third-order valence-corrected chi connectivity index (χ3v) is 4.37. The van der Waals surface area contributed by atoms with E-state index in [1.807, 2.05) is 0 Å². The van der Waals surface area contributed by atoms with Crippen LogP contribution in [0.15, 0.2) is 48.7 Å². The molecular formula is C20H14ClF6N3O3. The quantitative estimate of drug-likeness (QED) is 0.444. The van der Waals surface area contributed by atoms with Crippen LogP contribution in [0.3, 0.4) is 0 Å². The molecule has 0 aliphatic heterocycles. The zero-order valence-corrected chi connectivity index (χ0v) is 17.3. The first-order valence-corrected chi connectivity index (χ1v) is 9.37. The molecular weight excluding hydrogens is 480 g/mol. The number of carbonyl (C=O) groups is 1. The lowest BCUT2D eigenvalue weighted by molar-refractivity contribution is -0.153. The third-order valence-electron chi connectivity index (χ3n) is 4.13. The Bertz CT molecular complexity index is 1160. The number of carbonyl (C=O) groups excluding carboxylic acids is 1. The van der Waals surface area contributed by atoms with Gasteiger partial charge in [-0.3, -0.25) is 4.79 Å². The summed E-state index contributed by atoms with van der Waals surface area (Å²) in [6, 6.07) is 7.79. The van der Waals surface area contributed by atoms with Gasteiger partial charge < -0.3 is 14.8 Å². The molecule has 33 heavy (non-hydrogen) atoms. The lowest BCUT2D eigenvalue weighted by atomic mass is 10.2. The van der Waals surface area contributed by atoms with Gasteiger partial charge in [0.15, 0.2) is 18.1 Å². The van der Waals surface area contributed by atoms with E-state index in [0.29, 0.717) is 0 Å². The van der Waals surface area contributed by atoms with Crippen molar-refractivity contribution in [3.63, 3.8) is 0 Å². The first kappa shape index (κ1) is 24.2. The molecule has 13 heteroatoms. The molecule has 1 heterocycles. The number of hydrogen-bond acceptors (Lipinski definition) is 4. The molecule has 0 saturated heterocycles. The summed E-state index contributed by atoms with van der Waals surface area (Å²) in [7, 11) is 1.21. The van der Waals surface area contributed by atoms with E-state index in [2.05, 4.69) is 10.4 Å². The van der Waals surface area contributed by atoms with E-state index >= 15 is 0 Å². The summed E-state index contributed by atoms with van der Waals surface area (Å²) in [5, 5.41) is 6.40. The number of halogens is 7. The largest absolute Gasteiger partial charge is 0.493 e. The van der Waals surface area contributed by atoms with Crippen LogP contribution in [0.5, 0.6) is 11.5 Å². The number of aromatic nitrogens is 2. The second-order valence-electron chi connectivity index (χ2n) is 6.54. The number of benzene rings is 2. The van der Waals surface area contributed by atoms with Gasteiger partial charge in [0.1, 0.15) is 5.75 Å². The van der Waals surface area contributed by atoms with E-state index in [1.165, 1.54) is 37.6 Å². The van der Waals surface area contributed by atoms with Crippen molar-refractivity contribution < 1.29 is 40.6 Å². The van der Waals surface area contributed by atoms with Gasteiger partial charge in [0, 0.05) is 5.02 Å². The highest BCUT2D eigenvalue weighted by atomic mass is 35.5. The topological polar surface area (TPSA) is 65.4 Å². The van der Waals surface area contributed by atoms with E-state index in [-0.39, 0.29) is 33.6 Å². The molecule has 0 aliphatic rings. The van der Waals surface area contributed by atoms with Crippen molar-refractivity contribution in [2.45, 2.75) is 12.4 Å². The molecule has 0 spiro atoms. The van der Waals surface area contributed by atoms with E-state index < -0.39 is 30.4 Å². The average molecular weight is 494 g/mol. The van der Waals surface area contributed by atoms with Gasteiger partial charge in [0.2, 0.25) is 0 Å². The second kappa shape index (κ2) is 9.22. The second-order valence-corrected chi connectivity index (χ2v) is 6.97. The van der Waals surface area contributed by atoms with E-state index in [1.54, 1.807) is 0 Å². The van der Waals surface area contributed by atoms with Gasteiger partial charge in [-0.05, 0) is 36.4 Å². The fraction of sp³-hybridized carbons (Fsp3) is 0.200. The number of alkyl halides is 6. The lowest BCUT2D eigenvalue weighted by Gasteiger charge is -2.14. The smallest absolute Gasteiger partial charge is 0.422 e. The molecule has 1 N–H and O–H groups in total.